The third-order valence-electron chi connectivity index (χ3n) is 4.25. The van der Waals surface area contributed by atoms with E-state index in [1.165, 1.54) is 16.4 Å². The van der Waals surface area contributed by atoms with Crippen LogP contribution in [0.2, 0.25) is 5.02 Å². The van der Waals surface area contributed by atoms with Crippen molar-refractivity contribution in [1.29, 1.82) is 0 Å². The van der Waals surface area contributed by atoms with Crippen LogP contribution in [-0.2, 0) is 19.6 Å². The molecular weight excluding hydrogens is 418 g/mol. The minimum Gasteiger partial charge on any atom is -0.379 e. The Bertz CT molecular complexity index is 1010. The van der Waals surface area contributed by atoms with Crippen LogP contribution in [0, 0.1) is 0 Å². The van der Waals surface area contributed by atoms with Gasteiger partial charge in [0.2, 0.25) is 15.9 Å². The number of rotatable bonds is 6. The first-order valence-electron chi connectivity index (χ1n) is 8.88. The van der Waals surface area contributed by atoms with Gasteiger partial charge in [0.1, 0.15) is 0 Å². The topological polar surface area (TPSA) is 105 Å². The third-order valence-corrected chi connectivity index (χ3v) is 6.48. The number of benzene rings is 2. The van der Waals surface area contributed by atoms with E-state index in [1.54, 1.807) is 36.4 Å². The summed E-state index contributed by atoms with van der Waals surface area (Å²) >= 11 is 5.96. The van der Waals surface area contributed by atoms with Crippen molar-refractivity contribution in [3.63, 3.8) is 0 Å². The second-order valence-corrected chi connectivity index (χ2v) is 8.60. The summed E-state index contributed by atoms with van der Waals surface area (Å²) < 4.78 is 32.0. The zero-order valence-corrected chi connectivity index (χ0v) is 17.0. The SMILES string of the molecule is O=C(CNC(=O)c1ccccc1Cl)Nc1cccc(S(=O)(=O)N2CCOCC2)c1. The molecule has 0 saturated carbocycles. The van der Waals surface area contributed by atoms with Crippen molar-refractivity contribution in [1.82, 2.24) is 9.62 Å². The quantitative estimate of drug-likeness (QED) is 0.716. The Balaban J connectivity index is 1.62. The molecule has 0 bridgehead atoms. The standard InChI is InChI=1S/C19H20ClN3O5S/c20-17-7-2-1-6-16(17)19(25)21-13-18(24)22-14-4-3-5-15(12-14)29(26,27)23-8-10-28-11-9-23/h1-7,12H,8-11,13H2,(H,21,25)(H,22,24). The Morgan fingerprint density at radius 2 is 1.79 bits per heavy atom. The zero-order valence-electron chi connectivity index (χ0n) is 15.4. The van der Waals surface area contributed by atoms with E-state index in [2.05, 4.69) is 10.6 Å². The van der Waals surface area contributed by atoms with Gasteiger partial charge in [-0.05, 0) is 30.3 Å². The van der Waals surface area contributed by atoms with Gasteiger partial charge in [-0.15, -0.1) is 0 Å². The van der Waals surface area contributed by atoms with Crippen LogP contribution in [0.1, 0.15) is 10.4 Å². The number of carbonyl (C=O) groups is 2. The largest absolute Gasteiger partial charge is 0.379 e. The van der Waals surface area contributed by atoms with Gasteiger partial charge in [-0.2, -0.15) is 4.31 Å². The molecule has 3 rings (SSSR count). The Hall–Kier alpha value is -2.46. The van der Waals surface area contributed by atoms with Crippen molar-refractivity contribution < 1.29 is 22.7 Å². The molecular formula is C19H20ClN3O5S. The maximum Gasteiger partial charge on any atom is 0.253 e. The van der Waals surface area contributed by atoms with E-state index in [0.717, 1.165) is 0 Å². The lowest BCUT2D eigenvalue weighted by Crippen LogP contribution is -2.40. The Labute approximate surface area is 173 Å². The smallest absolute Gasteiger partial charge is 0.253 e. The zero-order chi connectivity index (χ0) is 20.9. The highest BCUT2D eigenvalue weighted by Crippen LogP contribution is 2.20. The fourth-order valence-electron chi connectivity index (χ4n) is 2.78. The number of nitrogens with one attached hydrogen (secondary N) is 2. The summed E-state index contributed by atoms with van der Waals surface area (Å²) in [4.78, 5) is 24.4. The summed E-state index contributed by atoms with van der Waals surface area (Å²) in [5.41, 5.74) is 0.580. The predicted octanol–water partition coefficient (Wildman–Crippen LogP) is 1.73. The van der Waals surface area contributed by atoms with Crippen LogP contribution in [-0.4, -0.2) is 57.4 Å². The van der Waals surface area contributed by atoms with E-state index in [0.29, 0.717) is 18.9 Å². The monoisotopic (exact) mass is 437 g/mol. The van der Waals surface area contributed by atoms with Crippen LogP contribution in [0.4, 0.5) is 5.69 Å². The van der Waals surface area contributed by atoms with Crippen molar-refractivity contribution >= 4 is 39.1 Å². The van der Waals surface area contributed by atoms with Gasteiger partial charge in [0.25, 0.3) is 5.91 Å². The normalized spacial score (nSPS) is 14.9. The Kier molecular flexibility index (Phi) is 6.86. The number of sulfonamides is 1. The molecule has 1 heterocycles. The van der Waals surface area contributed by atoms with Gasteiger partial charge >= 0.3 is 0 Å². The number of hydrogen-bond acceptors (Lipinski definition) is 5. The van der Waals surface area contributed by atoms with Gasteiger partial charge in [0.05, 0.1) is 35.2 Å². The van der Waals surface area contributed by atoms with Gasteiger partial charge < -0.3 is 15.4 Å². The summed E-state index contributed by atoms with van der Waals surface area (Å²) in [6.45, 7) is 0.978. The van der Waals surface area contributed by atoms with Gasteiger partial charge in [0, 0.05) is 18.8 Å². The highest BCUT2D eigenvalue weighted by Gasteiger charge is 2.26. The average molecular weight is 438 g/mol. The molecule has 1 aliphatic heterocycles. The van der Waals surface area contributed by atoms with Crippen LogP contribution >= 0.6 is 11.6 Å². The first-order valence-corrected chi connectivity index (χ1v) is 10.7. The molecule has 0 atom stereocenters. The second kappa shape index (κ2) is 9.36. The summed E-state index contributed by atoms with van der Waals surface area (Å²) in [5.74, 6) is -0.972. The van der Waals surface area contributed by atoms with E-state index < -0.39 is 21.8 Å². The van der Waals surface area contributed by atoms with Crippen LogP contribution in [0.3, 0.4) is 0 Å². The summed E-state index contributed by atoms with van der Waals surface area (Å²) in [6.07, 6.45) is 0. The van der Waals surface area contributed by atoms with Crippen LogP contribution < -0.4 is 10.6 Å². The molecule has 29 heavy (non-hydrogen) atoms. The maximum absolute atomic E-state index is 12.7. The molecule has 154 valence electrons. The third kappa shape index (κ3) is 5.33. The van der Waals surface area contributed by atoms with Crippen molar-refractivity contribution in [3.8, 4) is 0 Å². The lowest BCUT2D eigenvalue weighted by atomic mass is 10.2. The van der Waals surface area contributed by atoms with Crippen molar-refractivity contribution in [3.05, 3.63) is 59.1 Å². The van der Waals surface area contributed by atoms with Gasteiger partial charge in [-0.1, -0.05) is 29.8 Å². The minimum atomic E-state index is -3.67. The fourth-order valence-corrected chi connectivity index (χ4v) is 4.45. The summed E-state index contributed by atoms with van der Waals surface area (Å²) in [6, 6.07) is 12.5. The van der Waals surface area contributed by atoms with Gasteiger partial charge in [0.15, 0.2) is 0 Å². The number of ether oxygens (including phenoxy) is 1. The molecule has 0 aliphatic carbocycles. The first kappa shape index (κ1) is 21.3. The summed E-state index contributed by atoms with van der Waals surface area (Å²) in [5, 5.41) is 5.35. The highest BCUT2D eigenvalue weighted by molar-refractivity contribution is 7.89. The molecule has 2 amide bonds. The van der Waals surface area contributed by atoms with E-state index in [4.69, 9.17) is 16.3 Å². The average Bonchev–Trinajstić information content (AvgIpc) is 2.73. The highest BCUT2D eigenvalue weighted by atomic mass is 35.5. The first-order chi connectivity index (χ1) is 13.9. The molecule has 2 aromatic rings. The molecule has 0 aromatic heterocycles. The van der Waals surface area contributed by atoms with E-state index in [1.807, 2.05) is 0 Å². The molecule has 2 N–H and O–H groups in total. The number of hydrogen-bond donors (Lipinski definition) is 2. The van der Waals surface area contributed by atoms with Gasteiger partial charge in [-0.25, -0.2) is 8.42 Å². The lowest BCUT2D eigenvalue weighted by Gasteiger charge is -2.26. The Morgan fingerprint density at radius 3 is 2.52 bits per heavy atom. The van der Waals surface area contributed by atoms with E-state index in [9.17, 15) is 18.0 Å². The van der Waals surface area contributed by atoms with E-state index >= 15 is 0 Å². The molecule has 0 spiro atoms. The Morgan fingerprint density at radius 1 is 1.07 bits per heavy atom. The summed E-state index contributed by atoms with van der Waals surface area (Å²) in [7, 11) is -3.67. The molecule has 8 nitrogen and oxygen atoms in total. The van der Waals surface area contributed by atoms with Gasteiger partial charge in [-0.3, -0.25) is 9.59 Å². The number of halogens is 1. The molecule has 1 fully saturated rings. The minimum absolute atomic E-state index is 0.0808. The number of anilines is 1. The second-order valence-electron chi connectivity index (χ2n) is 6.25. The van der Waals surface area contributed by atoms with Crippen LogP contribution in [0.25, 0.3) is 0 Å². The predicted molar refractivity (Wildman–Crippen MR) is 108 cm³/mol. The van der Waals surface area contributed by atoms with Crippen molar-refractivity contribution in [2.24, 2.45) is 0 Å². The molecule has 0 unspecified atom stereocenters. The number of morpholine rings is 1. The van der Waals surface area contributed by atoms with Crippen molar-refractivity contribution in [2.75, 3.05) is 38.2 Å². The van der Waals surface area contributed by atoms with Crippen LogP contribution in [0.15, 0.2) is 53.4 Å². The molecule has 1 saturated heterocycles. The number of nitrogens with zero attached hydrogens (tertiary/aromatic N) is 1. The fraction of sp³-hybridized carbons (Fsp3) is 0.263. The molecule has 0 radical (unpaired) electrons. The lowest BCUT2D eigenvalue weighted by molar-refractivity contribution is -0.115. The molecule has 2 aromatic carbocycles. The number of amides is 2. The van der Waals surface area contributed by atoms with Crippen LogP contribution in [0.5, 0.6) is 0 Å². The van der Waals surface area contributed by atoms with Crippen molar-refractivity contribution in [2.45, 2.75) is 4.90 Å². The molecule has 10 heteroatoms. The number of carbonyl (C=O) groups excluding carboxylic acids is 2. The van der Waals surface area contributed by atoms with E-state index in [-0.39, 0.29) is 35.1 Å². The molecule has 1 aliphatic rings. The maximum atomic E-state index is 12.7.